The number of carbonyl (C=O) groups excluding carboxylic acids is 1. The molecule has 1 aliphatic carbocycles. The van der Waals surface area contributed by atoms with Gasteiger partial charge < -0.3 is 15.7 Å². The molecule has 1 aromatic carbocycles. The molecule has 126 valence electrons. The van der Waals surface area contributed by atoms with Crippen LogP contribution in [0.4, 0.5) is 10.5 Å². The van der Waals surface area contributed by atoms with Gasteiger partial charge in [0.2, 0.25) is 0 Å². The lowest BCUT2D eigenvalue weighted by molar-refractivity contribution is 0.238. The second kappa shape index (κ2) is 6.88. The number of benzene rings is 1. The summed E-state index contributed by atoms with van der Waals surface area (Å²) in [5.41, 5.74) is 3.46. The molecular formula is C18H22N4O2. The number of amides is 2. The van der Waals surface area contributed by atoms with Crippen molar-refractivity contribution in [3.05, 3.63) is 53.9 Å². The summed E-state index contributed by atoms with van der Waals surface area (Å²) in [5.74, 6) is 0.122. The van der Waals surface area contributed by atoms with E-state index in [1.165, 1.54) is 0 Å². The molecular weight excluding hydrogens is 304 g/mol. The summed E-state index contributed by atoms with van der Waals surface area (Å²) in [7, 11) is 0. The summed E-state index contributed by atoms with van der Waals surface area (Å²) in [4.78, 5) is 12.3. The lowest BCUT2D eigenvalue weighted by Crippen LogP contribution is -2.36. The van der Waals surface area contributed by atoms with Crippen LogP contribution in [-0.2, 0) is 0 Å². The number of anilines is 1. The highest BCUT2D eigenvalue weighted by Gasteiger charge is 2.20. The van der Waals surface area contributed by atoms with Crippen molar-refractivity contribution in [2.24, 2.45) is 5.92 Å². The van der Waals surface area contributed by atoms with E-state index in [1.807, 2.05) is 61.0 Å². The standard InChI is InChI=1S/C18H22N4O2/c1-12-9-13(2)22(21-12)17-6-4-3-5-16(17)20-18(24)19-15-8-7-14(10-15)11-23/h3-9,14-15,23H,10-11H2,1-2H3,(H2,19,20,24)/t14-,15+/m0/s1. The monoisotopic (exact) mass is 326 g/mol. The van der Waals surface area contributed by atoms with Gasteiger partial charge in [0.1, 0.15) is 0 Å². The van der Waals surface area contributed by atoms with E-state index in [4.69, 9.17) is 5.11 Å². The van der Waals surface area contributed by atoms with Crippen LogP contribution in [0, 0.1) is 19.8 Å². The minimum atomic E-state index is -0.266. The van der Waals surface area contributed by atoms with Crippen molar-refractivity contribution in [2.75, 3.05) is 11.9 Å². The Kier molecular flexibility index (Phi) is 4.66. The number of aliphatic hydroxyl groups excluding tert-OH is 1. The number of nitrogens with zero attached hydrogens (tertiary/aromatic N) is 2. The van der Waals surface area contributed by atoms with Gasteiger partial charge >= 0.3 is 6.03 Å². The van der Waals surface area contributed by atoms with Crippen LogP contribution in [0.1, 0.15) is 17.8 Å². The van der Waals surface area contributed by atoms with Gasteiger partial charge in [-0.15, -0.1) is 0 Å². The van der Waals surface area contributed by atoms with Gasteiger partial charge in [0, 0.05) is 24.3 Å². The summed E-state index contributed by atoms with van der Waals surface area (Å²) in [5, 5.41) is 19.4. The van der Waals surface area contributed by atoms with Crippen LogP contribution in [0.2, 0.25) is 0 Å². The fraction of sp³-hybridized carbons (Fsp3) is 0.333. The number of urea groups is 1. The molecule has 0 aliphatic heterocycles. The fourth-order valence-corrected chi connectivity index (χ4v) is 2.98. The molecule has 0 saturated carbocycles. The maximum Gasteiger partial charge on any atom is 0.319 e. The van der Waals surface area contributed by atoms with E-state index in [0.29, 0.717) is 5.69 Å². The Balaban J connectivity index is 1.73. The number of carbonyl (C=O) groups is 1. The molecule has 1 aliphatic rings. The summed E-state index contributed by atoms with van der Waals surface area (Å²) >= 11 is 0. The molecule has 24 heavy (non-hydrogen) atoms. The largest absolute Gasteiger partial charge is 0.396 e. The third-order valence-corrected chi connectivity index (χ3v) is 4.11. The van der Waals surface area contributed by atoms with Crippen molar-refractivity contribution < 1.29 is 9.90 Å². The molecule has 0 bridgehead atoms. The number of hydrogen-bond donors (Lipinski definition) is 3. The fourth-order valence-electron chi connectivity index (χ4n) is 2.98. The highest BCUT2D eigenvalue weighted by atomic mass is 16.3. The van der Waals surface area contributed by atoms with Gasteiger partial charge in [-0.3, -0.25) is 0 Å². The van der Waals surface area contributed by atoms with Gasteiger partial charge in [-0.05, 0) is 38.5 Å². The van der Waals surface area contributed by atoms with E-state index < -0.39 is 0 Å². The predicted octanol–water partition coefficient (Wildman–Crippen LogP) is 2.55. The summed E-state index contributed by atoms with van der Waals surface area (Å²) in [6.07, 6.45) is 4.59. The number of para-hydroxylation sites is 2. The van der Waals surface area contributed by atoms with Gasteiger partial charge in [-0.2, -0.15) is 5.10 Å². The molecule has 1 aromatic heterocycles. The molecule has 2 amide bonds. The maximum absolute atomic E-state index is 12.3. The first-order valence-corrected chi connectivity index (χ1v) is 8.06. The van der Waals surface area contributed by atoms with Crippen LogP contribution >= 0.6 is 0 Å². The maximum atomic E-state index is 12.3. The molecule has 0 saturated heterocycles. The summed E-state index contributed by atoms with van der Waals surface area (Å²) in [6, 6.07) is 9.25. The lowest BCUT2D eigenvalue weighted by Gasteiger charge is -2.16. The van der Waals surface area contributed by atoms with Crippen LogP contribution in [0.25, 0.3) is 5.69 Å². The van der Waals surface area contributed by atoms with Crippen molar-refractivity contribution in [3.63, 3.8) is 0 Å². The van der Waals surface area contributed by atoms with Crippen LogP contribution in [-0.4, -0.2) is 33.6 Å². The molecule has 2 atom stereocenters. The van der Waals surface area contributed by atoms with Crippen molar-refractivity contribution in [1.29, 1.82) is 0 Å². The number of rotatable bonds is 4. The second-order valence-corrected chi connectivity index (χ2v) is 6.12. The average Bonchev–Trinajstić information content (AvgIpc) is 3.13. The smallest absolute Gasteiger partial charge is 0.319 e. The van der Waals surface area contributed by atoms with E-state index in [2.05, 4.69) is 15.7 Å². The third-order valence-electron chi connectivity index (χ3n) is 4.11. The summed E-state index contributed by atoms with van der Waals surface area (Å²) < 4.78 is 1.82. The van der Waals surface area contributed by atoms with E-state index in [9.17, 15) is 4.79 Å². The van der Waals surface area contributed by atoms with E-state index in [1.54, 1.807) is 0 Å². The normalized spacial score (nSPS) is 19.5. The van der Waals surface area contributed by atoms with Crippen molar-refractivity contribution in [2.45, 2.75) is 26.3 Å². The lowest BCUT2D eigenvalue weighted by atomic mass is 10.1. The van der Waals surface area contributed by atoms with Crippen molar-refractivity contribution in [3.8, 4) is 5.69 Å². The molecule has 2 aromatic rings. The van der Waals surface area contributed by atoms with E-state index in [-0.39, 0.29) is 24.6 Å². The van der Waals surface area contributed by atoms with Gasteiger partial charge in [0.25, 0.3) is 0 Å². The highest BCUT2D eigenvalue weighted by Crippen LogP contribution is 2.22. The Bertz CT molecular complexity index is 766. The van der Waals surface area contributed by atoms with Crippen molar-refractivity contribution >= 4 is 11.7 Å². The van der Waals surface area contributed by atoms with Gasteiger partial charge in [0.05, 0.1) is 17.1 Å². The molecule has 6 nitrogen and oxygen atoms in total. The Morgan fingerprint density at radius 1 is 1.33 bits per heavy atom. The van der Waals surface area contributed by atoms with Crippen LogP contribution in [0.15, 0.2) is 42.5 Å². The van der Waals surface area contributed by atoms with Gasteiger partial charge in [-0.1, -0.05) is 24.3 Å². The van der Waals surface area contributed by atoms with Crippen molar-refractivity contribution in [1.82, 2.24) is 15.1 Å². The molecule has 6 heteroatoms. The van der Waals surface area contributed by atoms with E-state index in [0.717, 1.165) is 23.5 Å². The average molecular weight is 326 g/mol. The number of hydrogen-bond acceptors (Lipinski definition) is 3. The first-order chi connectivity index (χ1) is 11.6. The predicted molar refractivity (Wildman–Crippen MR) is 93.3 cm³/mol. The topological polar surface area (TPSA) is 79.2 Å². The first-order valence-electron chi connectivity index (χ1n) is 8.06. The third kappa shape index (κ3) is 3.49. The van der Waals surface area contributed by atoms with E-state index >= 15 is 0 Å². The molecule has 3 N–H and O–H groups in total. The number of aliphatic hydroxyl groups is 1. The minimum Gasteiger partial charge on any atom is -0.396 e. The SMILES string of the molecule is Cc1cc(C)n(-c2ccccc2NC(=O)N[C@@H]2C=C[C@H](CO)C2)n1. The molecule has 0 unspecified atom stereocenters. The molecule has 3 rings (SSSR count). The molecule has 0 fully saturated rings. The Morgan fingerprint density at radius 2 is 2.12 bits per heavy atom. The molecule has 0 spiro atoms. The highest BCUT2D eigenvalue weighted by molar-refractivity contribution is 5.91. The number of aromatic nitrogens is 2. The zero-order chi connectivity index (χ0) is 17.1. The Hall–Kier alpha value is -2.60. The quantitative estimate of drug-likeness (QED) is 0.756. The zero-order valence-electron chi connectivity index (χ0n) is 13.9. The van der Waals surface area contributed by atoms with Crippen LogP contribution in [0.3, 0.4) is 0 Å². The Labute approximate surface area is 141 Å². The zero-order valence-corrected chi connectivity index (χ0v) is 13.9. The van der Waals surface area contributed by atoms with Gasteiger partial charge in [-0.25, -0.2) is 9.48 Å². The second-order valence-electron chi connectivity index (χ2n) is 6.12. The van der Waals surface area contributed by atoms with Crippen LogP contribution in [0.5, 0.6) is 0 Å². The van der Waals surface area contributed by atoms with Gasteiger partial charge in [0.15, 0.2) is 0 Å². The van der Waals surface area contributed by atoms with Crippen LogP contribution < -0.4 is 10.6 Å². The minimum absolute atomic E-state index is 0.0528. The first kappa shape index (κ1) is 16.3. The number of aryl methyl sites for hydroxylation is 2. The molecule has 1 heterocycles. The number of nitrogens with one attached hydrogen (secondary N) is 2. The summed E-state index contributed by atoms with van der Waals surface area (Å²) in [6.45, 7) is 4.03. The molecule has 0 radical (unpaired) electrons. The Morgan fingerprint density at radius 3 is 2.79 bits per heavy atom.